The average molecular weight is 307 g/mol. The van der Waals surface area contributed by atoms with Crippen molar-refractivity contribution >= 4 is 11.9 Å². The summed E-state index contributed by atoms with van der Waals surface area (Å²) in [6, 6.07) is 17.2. The third-order valence-electron chi connectivity index (χ3n) is 4.82. The van der Waals surface area contributed by atoms with Crippen molar-refractivity contribution in [2.24, 2.45) is 10.9 Å². The molecule has 2 N–H and O–H groups in total. The predicted octanol–water partition coefficient (Wildman–Crippen LogP) is 4.27. The van der Waals surface area contributed by atoms with Crippen molar-refractivity contribution in [2.75, 3.05) is 4.90 Å². The van der Waals surface area contributed by atoms with Gasteiger partial charge in [0.1, 0.15) is 0 Å². The monoisotopic (exact) mass is 307 g/mol. The number of hydrogen-bond donors (Lipinski definition) is 1. The number of hydrazone groups is 1. The Morgan fingerprint density at radius 2 is 1.96 bits per heavy atom. The second-order valence-corrected chi connectivity index (χ2v) is 7.09. The molecule has 1 aliphatic heterocycles. The van der Waals surface area contributed by atoms with E-state index in [2.05, 4.69) is 79.3 Å². The first-order chi connectivity index (χ1) is 11.0. The maximum atomic E-state index is 5.30. The highest BCUT2D eigenvalue weighted by Gasteiger charge is 2.36. The molecule has 0 fully saturated rings. The average Bonchev–Trinajstić information content (AvgIpc) is 2.52. The van der Waals surface area contributed by atoms with Gasteiger partial charge in [-0.3, -0.25) is 0 Å². The zero-order chi connectivity index (χ0) is 16.4. The Bertz CT molecular complexity index is 704. The summed E-state index contributed by atoms with van der Waals surface area (Å²) in [7, 11) is 0. The molecule has 2 aromatic carbocycles. The van der Waals surface area contributed by atoms with Gasteiger partial charge in [0.2, 0.25) is 0 Å². The number of fused-ring (bicyclic) bond motifs is 1. The van der Waals surface area contributed by atoms with E-state index in [4.69, 9.17) is 5.84 Å². The molecule has 0 spiro atoms. The highest BCUT2D eigenvalue weighted by atomic mass is 15.2. The normalized spacial score (nSPS) is 19.8. The zero-order valence-electron chi connectivity index (χ0n) is 14.2. The largest absolute Gasteiger partial charge is 0.362 e. The molecule has 1 heterocycles. The lowest BCUT2D eigenvalue weighted by Crippen LogP contribution is -2.47. The van der Waals surface area contributed by atoms with Crippen LogP contribution in [0.1, 0.15) is 49.8 Å². The molecule has 0 amide bonds. The lowest BCUT2D eigenvalue weighted by atomic mass is 9.79. The Hall–Kier alpha value is -2.29. The van der Waals surface area contributed by atoms with Crippen molar-refractivity contribution in [1.82, 2.24) is 0 Å². The zero-order valence-corrected chi connectivity index (χ0v) is 14.2. The van der Waals surface area contributed by atoms with Crippen molar-refractivity contribution < 1.29 is 0 Å². The Morgan fingerprint density at radius 1 is 1.22 bits per heavy atom. The van der Waals surface area contributed by atoms with Crippen LogP contribution in [0.15, 0.2) is 53.6 Å². The first-order valence-electron chi connectivity index (χ1n) is 8.20. The van der Waals surface area contributed by atoms with E-state index in [1.807, 2.05) is 0 Å². The number of hydrogen-bond acceptors (Lipinski definition) is 3. The topological polar surface area (TPSA) is 41.6 Å². The Kier molecular flexibility index (Phi) is 4.12. The molecule has 0 saturated heterocycles. The van der Waals surface area contributed by atoms with Crippen LogP contribution in [0.3, 0.4) is 0 Å². The Balaban J connectivity index is 2.03. The standard InChI is InChI=1S/C20H25N3/c1-15-12-20(2,3)23(14-16-7-5-4-6-8-16)19-10-9-17(13-22-21)11-18(15)19/h4-11,13,15H,12,14,21H2,1-3H3. The van der Waals surface area contributed by atoms with E-state index in [1.54, 1.807) is 6.21 Å². The highest BCUT2D eigenvalue weighted by Crippen LogP contribution is 2.44. The van der Waals surface area contributed by atoms with Gasteiger partial charge in [0.15, 0.2) is 0 Å². The minimum absolute atomic E-state index is 0.131. The lowest BCUT2D eigenvalue weighted by molar-refractivity contribution is 0.374. The van der Waals surface area contributed by atoms with Gasteiger partial charge in [-0.1, -0.05) is 43.3 Å². The second-order valence-electron chi connectivity index (χ2n) is 7.09. The van der Waals surface area contributed by atoms with Crippen LogP contribution in [-0.4, -0.2) is 11.8 Å². The summed E-state index contributed by atoms with van der Waals surface area (Å²) in [5.41, 5.74) is 5.25. The Morgan fingerprint density at radius 3 is 2.65 bits per heavy atom. The summed E-state index contributed by atoms with van der Waals surface area (Å²) in [6.07, 6.45) is 2.85. The van der Waals surface area contributed by atoms with Gasteiger partial charge in [0.05, 0.1) is 6.21 Å². The maximum absolute atomic E-state index is 5.30. The SMILES string of the molecule is CC1CC(C)(C)N(Cc2ccccc2)c2ccc(C=NN)cc21. The van der Waals surface area contributed by atoms with Crippen molar-refractivity contribution in [3.8, 4) is 0 Å². The molecule has 0 radical (unpaired) electrons. The Labute approximate surface area is 138 Å². The van der Waals surface area contributed by atoms with Gasteiger partial charge in [0.25, 0.3) is 0 Å². The molecule has 120 valence electrons. The van der Waals surface area contributed by atoms with Gasteiger partial charge in [-0.15, -0.1) is 0 Å². The molecule has 3 heteroatoms. The first-order valence-corrected chi connectivity index (χ1v) is 8.20. The molecule has 1 atom stereocenters. The van der Waals surface area contributed by atoms with Crippen LogP contribution in [0.4, 0.5) is 5.69 Å². The molecule has 2 aromatic rings. The summed E-state index contributed by atoms with van der Waals surface area (Å²) in [5.74, 6) is 5.83. The van der Waals surface area contributed by atoms with Gasteiger partial charge in [-0.25, -0.2) is 0 Å². The molecule has 1 aliphatic rings. The van der Waals surface area contributed by atoms with Gasteiger partial charge < -0.3 is 10.7 Å². The van der Waals surface area contributed by atoms with Crippen molar-refractivity contribution in [3.05, 3.63) is 65.2 Å². The fraction of sp³-hybridized carbons (Fsp3) is 0.350. The van der Waals surface area contributed by atoms with Crippen LogP contribution < -0.4 is 10.7 Å². The third kappa shape index (κ3) is 3.09. The summed E-state index contributed by atoms with van der Waals surface area (Å²) >= 11 is 0. The molecule has 23 heavy (non-hydrogen) atoms. The molecule has 0 saturated carbocycles. The van der Waals surface area contributed by atoms with E-state index in [9.17, 15) is 0 Å². The first kappa shape index (κ1) is 15.6. The molecule has 0 bridgehead atoms. The molecule has 0 aromatic heterocycles. The summed E-state index contributed by atoms with van der Waals surface area (Å²) in [6.45, 7) is 7.91. The highest BCUT2D eigenvalue weighted by molar-refractivity contribution is 5.81. The second kappa shape index (κ2) is 6.07. The van der Waals surface area contributed by atoms with Crippen LogP contribution in [0.25, 0.3) is 0 Å². The van der Waals surface area contributed by atoms with Gasteiger partial charge in [0, 0.05) is 17.8 Å². The number of nitrogens with zero attached hydrogens (tertiary/aromatic N) is 2. The number of nitrogens with two attached hydrogens (primary N) is 1. The number of rotatable bonds is 3. The number of anilines is 1. The summed E-state index contributed by atoms with van der Waals surface area (Å²) in [4.78, 5) is 2.53. The van der Waals surface area contributed by atoms with Gasteiger partial charge >= 0.3 is 0 Å². The molecular formula is C20H25N3. The molecule has 0 aliphatic carbocycles. The van der Waals surface area contributed by atoms with Gasteiger partial charge in [-0.2, -0.15) is 5.10 Å². The fourth-order valence-electron chi connectivity index (χ4n) is 3.74. The summed E-state index contributed by atoms with van der Waals surface area (Å²) < 4.78 is 0. The predicted molar refractivity (Wildman–Crippen MR) is 98.0 cm³/mol. The lowest BCUT2D eigenvalue weighted by Gasteiger charge is -2.47. The smallest absolute Gasteiger partial charge is 0.0538 e. The minimum Gasteiger partial charge on any atom is -0.362 e. The van der Waals surface area contributed by atoms with Crippen LogP contribution in [0.5, 0.6) is 0 Å². The van der Waals surface area contributed by atoms with E-state index >= 15 is 0 Å². The van der Waals surface area contributed by atoms with E-state index in [0.717, 1.165) is 18.5 Å². The van der Waals surface area contributed by atoms with Crippen molar-refractivity contribution in [1.29, 1.82) is 0 Å². The fourth-order valence-corrected chi connectivity index (χ4v) is 3.74. The number of benzene rings is 2. The molecular weight excluding hydrogens is 282 g/mol. The van der Waals surface area contributed by atoms with Gasteiger partial charge in [-0.05, 0) is 55.0 Å². The van der Waals surface area contributed by atoms with E-state index < -0.39 is 0 Å². The van der Waals surface area contributed by atoms with E-state index in [0.29, 0.717) is 5.92 Å². The maximum Gasteiger partial charge on any atom is 0.0538 e. The summed E-state index contributed by atoms with van der Waals surface area (Å²) in [5, 5.41) is 3.66. The van der Waals surface area contributed by atoms with Crippen LogP contribution in [-0.2, 0) is 6.54 Å². The van der Waals surface area contributed by atoms with Crippen LogP contribution >= 0.6 is 0 Å². The van der Waals surface area contributed by atoms with Crippen LogP contribution in [0, 0.1) is 0 Å². The van der Waals surface area contributed by atoms with Crippen LogP contribution in [0.2, 0.25) is 0 Å². The van der Waals surface area contributed by atoms with Crippen molar-refractivity contribution in [3.63, 3.8) is 0 Å². The van der Waals surface area contributed by atoms with E-state index in [-0.39, 0.29) is 5.54 Å². The minimum atomic E-state index is 0.131. The molecule has 1 unspecified atom stereocenters. The third-order valence-corrected chi connectivity index (χ3v) is 4.82. The quantitative estimate of drug-likeness (QED) is 0.522. The van der Waals surface area contributed by atoms with Crippen molar-refractivity contribution in [2.45, 2.75) is 45.2 Å². The van der Waals surface area contributed by atoms with E-state index in [1.165, 1.54) is 16.8 Å². The molecule has 3 rings (SSSR count). The molecule has 3 nitrogen and oxygen atoms in total.